The SMILES string of the molecule is COc1ccsc1-c1ocnc1CNCC(C)C. The molecule has 0 atom stereocenters. The van der Waals surface area contributed by atoms with E-state index < -0.39 is 0 Å². The summed E-state index contributed by atoms with van der Waals surface area (Å²) < 4.78 is 10.8. The maximum absolute atomic E-state index is 5.49. The minimum atomic E-state index is 0.622. The van der Waals surface area contributed by atoms with Gasteiger partial charge < -0.3 is 14.5 Å². The number of methoxy groups -OCH3 is 1. The number of thiophene rings is 1. The Bertz CT molecular complexity index is 491. The maximum atomic E-state index is 5.49. The number of nitrogens with zero attached hydrogens (tertiary/aromatic N) is 1. The van der Waals surface area contributed by atoms with Crippen LogP contribution in [0.15, 0.2) is 22.3 Å². The molecule has 2 aromatic rings. The van der Waals surface area contributed by atoms with Crippen molar-refractivity contribution in [2.45, 2.75) is 20.4 Å². The number of aromatic nitrogens is 1. The van der Waals surface area contributed by atoms with E-state index in [-0.39, 0.29) is 0 Å². The molecule has 0 aromatic carbocycles. The first kappa shape index (κ1) is 13.1. The van der Waals surface area contributed by atoms with E-state index in [4.69, 9.17) is 9.15 Å². The summed E-state index contributed by atoms with van der Waals surface area (Å²) in [7, 11) is 1.67. The molecule has 0 saturated carbocycles. The molecule has 2 heterocycles. The van der Waals surface area contributed by atoms with Gasteiger partial charge in [-0.2, -0.15) is 0 Å². The Hall–Kier alpha value is -1.33. The standard InChI is InChI=1S/C13H18N2O2S/c1-9(2)6-14-7-10-12(17-8-15-10)13-11(16-3)4-5-18-13/h4-5,8-9,14H,6-7H2,1-3H3. The zero-order valence-corrected chi connectivity index (χ0v) is 11.7. The Morgan fingerprint density at radius 3 is 3.06 bits per heavy atom. The second kappa shape index (κ2) is 6.02. The predicted molar refractivity (Wildman–Crippen MR) is 72.9 cm³/mol. The van der Waals surface area contributed by atoms with Crippen LogP contribution in [0.25, 0.3) is 10.6 Å². The van der Waals surface area contributed by atoms with Crippen molar-refractivity contribution in [1.82, 2.24) is 10.3 Å². The maximum Gasteiger partial charge on any atom is 0.181 e. The average molecular weight is 266 g/mol. The molecule has 0 amide bonds. The third-order valence-electron chi connectivity index (χ3n) is 2.54. The minimum absolute atomic E-state index is 0.622. The summed E-state index contributed by atoms with van der Waals surface area (Å²) in [6, 6.07) is 1.94. The molecule has 2 rings (SSSR count). The van der Waals surface area contributed by atoms with Crippen molar-refractivity contribution in [1.29, 1.82) is 0 Å². The molecule has 0 aliphatic rings. The fourth-order valence-electron chi connectivity index (χ4n) is 1.68. The number of hydrogen-bond donors (Lipinski definition) is 1. The van der Waals surface area contributed by atoms with E-state index in [1.165, 1.54) is 6.39 Å². The van der Waals surface area contributed by atoms with E-state index in [2.05, 4.69) is 24.1 Å². The zero-order valence-electron chi connectivity index (χ0n) is 10.9. The molecule has 0 saturated heterocycles. The molecule has 0 radical (unpaired) electrons. The van der Waals surface area contributed by atoms with Gasteiger partial charge in [0.1, 0.15) is 16.3 Å². The lowest BCUT2D eigenvalue weighted by Gasteiger charge is -2.06. The zero-order chi connectivity index (χ0) is 13.0. The van der Waals surface area contributed by atoms with Gasteiger partial charge >= 0.3 is 0 Å². The van der Waals surface area contributed by atoms with Crippen molar-refractivity contribution in [3.05, 3.63) is 23.5 Å². The lowest BCUT2D eigenvalue weighted by atomic mass is 10.2. The van der Waals surface area contributed by atoms with Crippen LogP contribution < -0.4 is 10.1 Å². The third-order valence-corrected chi connectivity index (χ3v) is 3.44. The van der Waals surface area contributed by atoms with E-state index in [1.54, 1.807) is 18.4 Å². The van der Waals surface area contributed by atoms with Crippen LogP contribution in [-0.4, -0.2) is 18.6 Å². The molecule has 0 bridgehead atoms. The van der Waals surface area contributed by atoms with Gasteiger partial charge in [-0.3, -0.25) is 0 Å². The van der Waals surface area contributed by atoms with Crippen molar-refractivity contribution in [3.8, 4) is 16.4 Å². The molecule has 18 heavy (non-hydrogen) atoms. The van der Waals surface area contributed by atoms with Crippen LogP contribution in [0.3, 0.4) is 0 Å². The van der Waals surface area contributed by atoms with Gasteiger partial charge in [0.05, 0.1) is 7.11 Å². The predicted octanol–water partition coefficient (Wildman–Crippen LogP) is 3.16. The smallest absolute Gasteiger partial charge is 0.181 e. The highest BCUT2D eigenvalue weighted by Crippen LogP contribution is 2.36. The van der Waals surface area contributed by atoms with Gasteiger partial charge in [-0.15, -0.1) is 11.3 Å². The quantitative estimate of drug-likeness (QED) is 0.872. The average Bonchev–Trinajstić information content (AvgIpc) is 2.95. The van der Waals surface area contributed by atoms with Crippen LogP contribution in [0, 0.1) is 5.92 Å². The van der Waals surface area contributed by atoms with Gasteiger partial charge in [0, 0.05) is 6.54 Å². The molecule has 0 spiro atoms. The molecule has 4 nitrogen and oxygen atoms in total. The molecule has 0 aliphatic heterocycles. The molecule has 0 aliphatic carbocycles. The van der Waals surface area contributed by atoms with Crippen LogP contribution in [0.1, 0.15) is 19.5 Å². The molecule has 0 unspecified atom stereocenters. The number of hydrogen-bond acceptors (Lipinski definition) is 5. The fraction of sp³-hybridized carbons (Fsp3) is 0.462. The largest absolute Gasteiger partial charge is 0.495 e. The first-order chi connectivity index (χ1) is 8.72. The number of ether oxygens (including phenoxy) is 1. The summed E-state index contributed by atoms with van der Waals surface area (Å²) in [5.41, 5.74) is 0.927. The van der Waals surface area contributed by atoms with Crippen molar-refractivity contribution in [2.75, 3.05) is 13.7 Å². The summed E-state index contributed by atoms with van der Waals surface area (Å²) in [6.45, 7) is 6.04. The summed E-state index contributed by atoms with van der Waals surface area (Å²) in [6.07, 6.45) is 1.49. The van der Waals surface area contributed by atoms with Gasteiger partial charge in [-0.25, -0.2) is 4.98 Å². The highest BCUT2D eigenvalue weighted by Gasteiger charge is 2.16. The molecule has 98 valence electrons. The van der Waals surface area contributed by atoms with E-state index in [0.29, 0.717) is 12.5 Å². The number of oxazole rings is 1. The van der Waals surface area contributed by atoms with Gasteiger partial charge in [0.25, 0.3) is 0 Å². The van der Waals surface area contributed by atoms with Crippen molar-refractivity contribution >= 4 is 11.3 Å². The molecule has 2 aromatic heterocycles. The normalized spacial score (nSPS) is 11.1. The Morgan fingerprint density at radius 2 is 2.33 bits per heavy atom. The summed E-state index contributed by atoms with van der Waals surface area (Å²) in [5.74, 6) is 2.26. The topological polar surface area (TPSA) is 47.3 Å². The lowest BCUT2D eigenvalue weighted by Crippen LogP contribution is -2.19. The lowest BCUT2D eigenvalue weighted by molar-refractivity contribution is 0.416. The van der Waals surface area contributed by atoms with E-state index >= 15 is 0 Å². The Labute approximate surface area is 111 Å². The van der Waals surface area contributed by atoms with E-state index in [1.807, 2.05) is 11.4 Å². The van der Waals surface area contributed by atoms with Gasteiger partial charge in [-0.1, -0.05) is 13.8 Å². The van der Waals surface area contributed by atoms with Crippen LogP contribution in [0.5, 0.6) is 5.75 Å². The van der Waals surface area contributed by atoms with Crippen LogP contribution in [0.2, 0.25) is 0 Å². The highest BCUT2D eigenvalue weighted by atomic mass is 32.1. The first-order valence-corrected chi connectivity index (χ1v) is 6.85. The van der Waals surface area contributed by atoms with Gasteiger partial charge in [0.2, 0.25) is 0 Å². The monoisotopic (exact) mass is 266 g/mol. The molecule has 5 heteroatoms. The Kier molecular flexibility index (Phi) is 4.38. The van der Waals surface area contributed by atoms with E-state index in [0.717, 1.165) is 28.6 Å². The highest BCUT2D eigenvalue weighted by molar-refractivity contribution is 7.14. The summed E-state index contributed by atoms with van der Waals surface area (Å²) >= 11 is 1.60. The third kappa shape index (κ3) is 2.91. The molecule has 1 N–H and O–H groups in total. The van der Waals surface area contributed by atoms with Gasteiger partial charge in [-0.05, 0) is 23.9 Å². The van der Waals surface area contributed by atoms with Crippen molar-refractivity contribution < 1.29 is 9.15 Å². The Morgan fingerprint density at radius 1 is 1.50 bits per heavy atom. The summed E-state index contributed by atoms with van der Waals surface area (Å²) in [4.78, 5) is 5.26. The molecular formula is C13H18N2O2S. The second-order valence-corrected chi connectivity index (χ2v) is 5.39. The van der Waals surface area contributed by atoms with Crippen molar-refractivity contribution in [3.63, 3.8) is 0 Å². The second-order valence-electron chi connectivity index (χ2n) is 4.47. The number of rotatable bonds is 6. The Balaban J connectivity index is 2.12. The molecular weight excluding hydrogens is 248 g/mol. The fourth-order valence-corrected chi connectivity index (χ4v) is 2.55. The van der Waals surface area contributed by atoms with Crippen LogP contribution >= 0.6 is 11.3 Å². The van der Waals surface area contributed by atoms with Crippen molar-refractivity contribution in [2.24, 2.45) is 5.92 Å². The van der Waals surface area contributed by atoms with Gasteiger partial charge in [0.15, 0.2) is 12.2 Å². The van der Waals surface area contributed by atoms with Crippen LogP contribution in [0.4, 0.5) is 0 Å². The van der Waals surface area contributed by atoms with E-state index in [9.17, 15) is 0 Å². The minimum Gasteiger partial charge on any atom is -0.495 e. The summed E-state index contributed by atoms with van der Waals surface area (Å²) in [5, 5.41) is 5.36. The molecule has 0 fully saturated rings. The first-order valence-electron chi connectivity index (χ1n) is 5.97. The number of nitrogens with one attached hydrogen (secondary N) is 1. The van der Waals surface area contributed by atoms with Crippen LogP contribution in [-0.2, 0) is 6.54 Å².